The van der Waals surface area contributed by atoms with Crippen LogP contribution in [0.3, 0.4) is 0 Å². The quantitative estimate of drug-likeness (QED) is 0.438. The van der Waals surface area contributed by atoms with Crippen LogP contribution in [0.4, 0.5) is 0 Å². The molecular weight excluding hydrogens is 408 g/mol. The molecule has 0 aliphatic carbocycles. The molecule has 32 heavy (non-hydrogen) atoms. The van der Waals surface area contributed by atoms with Crippen molar-refractivity contribution in [3.8, 4) is 11.4 Å². The average molecular weight is 430 g/mol. The van der Waals surface area contributed by atoms with Crippen molar-refractivity contribution in [2.45, 2.75) is 26.4 Å². The summed E-state index contributed by atoms with van der Waals surface area (Å²) in [6.07, 6.45) is 3.21. The number of carboxylic acid groups (broad SMARTS) is 1. The number of aromatic amines is 1. The number of aromatic nitrogens is 4. The number of hydrogen-bond acceptors (Lipinski definition) is 4. The maximum Gasteiger partial charge on any atom is 0.333 e. The zero-order valence-corrected chi connectivity index (χ0v) is 17.5. The van der Waals surface area contributed by atoms with Crippen LogP contribution in [0.5, 0.6) is 0 Å². The molecule has 0 fully saturated rings. The molecule has 0 amide bonds. The summed E-state index contributed by atoms with van der Waals surface area (Å²) >= 11 is 0. The normalized spacial score (nSPS) is 11.4. The Labute approximate surface area is 183 Å². The third-order valence-electron chi connectivity index (χ3n) is 5.09. The molecule has 0 atom stereocenters. The van der Waals surface area contributed by atoms with Crippen LogP contribution >= 0.6 is 0 Å². The van der Waals surface area contributed by atoms with Crippen molar-refractivity contribution >= 4 is 23.2 Å². The SMILES string of the molecule is CCCn1c(=O)c2[nH]c(-c3ccc(C=CC(=O)O)cc3)nc2n(Cc2ccccc2)c1=O. The molecule has 0 radical (unpaired) electrons. The number of rotatable bonds is 7. The summed E-state index contributed by atoms with van der Waals surface area (Å²) in [7, 11) is 0. The Bertz CT molecular complexity index is 1410. The molecule has 8 nitrogen and oxygen atoms in total. The van der Waals surface area contributed by atoms with Gasteiger partial charge in [-0.05, 0) is 23.6 Å². The monoisotopic (exact) mass is 430 g/mol. The Kier molecular flexibility index (Phi) is 5.85. The third kappa shape index (κ3) is 4.15. The Morgan fingerprint density at radius 3 is 2.44 bits per heavy atom. The molecular formula is C24H22N4O4. The largest absolute Gasteiger partial charge is 0.478 e. The Balaban J connectivity index is 1.84. The maximum atomic E-state index is 13.1. The number of carboxylic acids is 1. The number of nitrogens with zero attached hydrogens (tertiary/aromatic N) is 3. The number of fused-ring (bicyclic) bond motifs is 1. The van der Waals surface area contributed by atoms with Gasteiger partial charge in [0.05, 0.1) is 6.54 Å². The summed E-state index contributed by atoms with van der Waals surface area (Å²) in [5, 5.41) is 8.77. The molecule has 0 aliphatic rings. The molecule has 0 saturated heterocycles. The van der Waals surface area contributed by atoms with Crippen LogP contribution < -0.4 is 11.2 Å². The van der Waals surface area contributed by atoms with Crippen LogP contribution in [0.2, 0.25) is 0 Å². The number of carbonyl (C=O) groups is 1. The molecule has 2 aromatic heterocycles. The number of H-pyrrole nitrogens is 1. The highest BCUT2D eigenvalue weighted by Crippen LogP contribution is 2.20. The van der Waals surface area contributed by atoms with Gasteiger partial charge >= 0.3 is 11.7 Å². The van der Waals surface area contributed by atoms with Crippen molar-refractivity contribution in [2.24, 2.45) is 0 Å². The summed E-state index contributed by atoms with van der Waals surface area (Å²) < 4.78 is 2.76. The Morgan fingerprint density at radius 1 is 1.06 bits per heavy atom. The molecule has 0 bridgehead atoms. The second-order valence-electron chi connectivity index (χ2n) is 7.39. The minimum Gasteiger partial charge on any atom is -0.478 e. The summed E-state index contributed by atoms with van der Waals surface area (Å²) in [6.45, 7) is 2.53. The summed E-state index contributed by atoms with van der Waals surface area (Å²) in [5.41, 5.74) is 2.17. The first-order valence-corrected chi connectivity index (χ1v) is 10.3. The molecule has 162 valence electrons. The van der Waals surface area contributed by atoms with Gasteiger partial charge in [0.15, 0.2) is 5.65 Å². The first-order chi connectivity index (χ1) is 15.5. The van der Waals surface area contributed by atoms with Gasteiger partial charge in [-0.25, -0.2) is 14.6 Å². The van der Waals surface area contributed by atoms with E-state index in [0.29, 0.717) is 36.5 Å². The number of imidazole rings is 1. The molecule has 0 spiro atoms. The second-order valence-corrected chi connectivity index (χ2v) is 7.39. The third-order valence-corrected chi connectivity index (χ3v) is 5.09. The van der Waals surface area contributed by atoms with Crippen LogP contribution in [0.15, 0.2) is 70.3 Å². The topological polar surface area (TPSA) is 110 Å². The highest BCUT2D eigenvalue weighted by atomic mass is 16.4. The molecule has 0 aliphatic heterocycles. The van der Waals surface area contributed by atoms with Crippen LogP contribution in [-0.4, -0.2) is 30.2 Å². The maximum absolute atomic E-state index is 13.1. The number of nitrogens with one attached hydrogen (secondary N) is 1. The molecule has 8 heteroatoms. The Morgan fingerprint density at radius 2 is 1.78 bits per heavy atom. The van der Waals surface area contributed by atoms with Gasteiger partial charge in [0.2, 0.25) is 0 Å². The molecule has 0 unspecified atom stereocenters. The van der Waals surface area contributed by atoms with Crippen LogP contribution in [0.25, 0.3) is 28.6 Å². The highest BCUT2D eigenvalue weighted by Gasteiger charge is 2.18. The average Bonchev–Trinajstić information content (AvgIpc) is 3.25. The first-order valence-electron chi connectivity index (χ1n) is 10.3. The van der Waals surface area contributed by atoms with E-state index in [2.05, 4.69) is 9.97 Å². The van der Waals surface area contributed by atoms with Gasteiger partial charge in [0.1, 0.15) is 11.3 Å². The van der Waals surface area contributed by atoms with Gasteiger partial charge in [-0.3, -0.25) is 13.9 Å². The first kappa shape index (κ1) is 21.0. The van der Waals surface area contributed by atoms with Crippen molar-refractivity contribution in [1.29, 1.82) is 0 Å². The fourth-order valence-electron chi connectivity index (χ4n) is 3.55. The van der Waals surface area contributed by atoms with Gasteiger partial charge in [-0.1, -0.05) is 61.5 Å². The zero-order chi connectivity index (χ0) is 22.7. The Hall–Kier alpha value is -4.20. The van der Waals surface area contributed by atoms with E-state index >= 15 is 0 Å². The zero-order valence-electron chi connectivity index (χ0n) is 17.5. The fraction of sp³-hybridized carbons (Fsp3) is 0.167. The lowest BCUT2D eigenvalue weighted by Crippen LogP contribution is -2.40. The molecule has 2 heterocycles. The van der Waals surface area contributed by atoms with Gasteiger partial charge in [-0.15, -0.1) is 0 Å². The van der Waals surface area contributed by atoms with Crippen molar-refractivity contribution in [3.63, 3.8) is 0 Å². The van der Waals surface area contributed by atoms with E-state index in [1.807, 2.05) is 37.3 Å². The summed E-state index contributed by atoms with van der Waals surface area (Å²) in [5.74, 6) is -0.563. The van der Waals surface area contributed by atoms with Crippen molar-refractivity contribution in [1.82, 2.24) is 19.1 Å². The molecule has 4 aromatic rings. The predicted molar refractivity (Wildman–Crippen MR) is 123 cm³/mol. The van der Waals surface area contributed by atoms with Gasteiger partial charge in [0, 0.05) is 18.2 Å². The van der Waals surface area contributed by atoms with E-state index < -0.39 is 11.5 Å². The van der Waals surface area contributed by atoms with Crippen molar-refractivity contribution in [3.05, 3.63) is 92.6 Å². The number of benzene rings is 2. The van der Waals surface area contributed by atoms with Gasteiger partial charge < -0.3 is 10.1 Å². The van der Waals surface area contributed by atoms with Gasteiger partial charge in [0.25, 0.3) is 5.56 Å². The van der Waals surface area contributed by atoms with Crippen molar-refractivity contribution < 1.29 is 9.90 Å². The lowest BCUT2D eigenvalue weighted by atomic mass is 10.1. The van der Waals surface area contributed by atoms with Gasteiger partial charge in [-0.2, -0.15) is 0 Å². The molecule has 2 N–H and O–H groups in total. The summed E-state index contributed by atoms with van der Waals surface area (Å²) in [4.78, 5) is 44.5. The summed E-state index contributed by atoms with van der Waals surface area (Å²) in [6, 6.07) is 16.6. The van der Waals surface area contributed by atoms with Crippen molar-refractivity contribution in [2.75, 3.05) is 0 Å². The fourth-order valence-corrected chi connectivity index (χ4v) is 3.55. The van der Waals surface area contributed by atoms with E-state index in [0.717, 1.165) is 17.2 Å². The van der Waals surface area contributed by atoms with E-state index in [-0.39, 0.29) is 11.2 Å². The van der Waals surface area contributed by atoms with Crippen LogP contribution in [0, 0.1) is 0 Å². The molecule has 2 aromatic carbocycles. The number of aliphatic carboxylic acids is 1. The highest BCUT2D eigenvalue weighted by molar-refractivity contribution is 5.85. The smallest absolute Gasteiger partial charge is 0.333 e. The minimum absolute atomic E-state index is 0.277. The second kappa shape index (κ2) is 8.89. The van der Waals surface area contributed by atoms with E-state index in [4.69, 9.17) is 5.11 Å². The van der Waals surface area contributed by atoms with E-state index in [9.17, 15) is 14.4 Å². The van der Waals surface area contributed by atoms with E-state index in [1.54, 1.807) is 24.3 Å². The minimum atomic E-state index is -1.02. The standard InChI is InChI=1S/C24H22N4O4/c1-2-14-27-23(31)20-22(28(24(27)32)15-17-6-4-3-5-7-17)26-21(25-20)18-11-8-16(9-12-18)10-13-19(29)30/h3-13H,2,14-15H2,1H3,(H,25,26)(H,29,30). The molecule has 0 saturated carbocycles. The lowest BCUT2D eigenvalue weighted by molar-refractivity contribution is -0.131. The van der Waals surface area contributed by atoms with Crippen LogP contribution in [0.1, 0.15) is 24.5 Å². The molecule has 4 rings (SSSR count). The predicted octanol–water partition coefficient (Wildman–Crippen LogP) is 3.11. The lowest BCUT2D eigenvalue weighted by Gasteiger charge is -2.10. The van der Waals surface area contributed by atoms with Crippen LogP contribution in [-0.2, 0) is 17.9 Å². The van der Waals surface area contributed by atoms with E-state index in [1.165, 1.54) is 15.2 Å². The number of hydrogen-bond donors (Lipinski definition) is 2.